The number of carbonyl (C=O) groups excluding carboxylic acids is 2. The van der Waals surface area contributed by atoms with Crippen LogP contribution >= 0.6 is 0 Å². The first kappa shape index (κ1) is 27.4. The minimum absolute atomic E-state index is 0.0201. The molecule has 1 fully saturated rings. The lowest BCUT2D eigenvalue weighted by Gasteiger charge is -2.36. The van der Waals surface area contributed by atoms with Crippen molar-refractivity contribution in [2.45, 2.75) is 33.7 Å². The number of aromatic nitrogens is 1. The Balaban J connectivity index is 1.51. The average Bonchev–Trinajstić information content (AvgIpc) is 3.48. The molecule has 1 aliphatic heterocycles. The van der Waals surface area contributed by atoms with Crippen LogP contribution in [-0.2, 0) is 6.54 Å². The summed E-state index contributed by atoms with van der Waals surface area (Å²) < 4.78 is 22.4. The maximum atomic E-state index is 15.3. The van der Waals surface area contributed by atoms with Crippen LogP contribution in [0, 0.1) is 5.82 Å². The highest BCUT2D eigenvalue weighted by molar-refractivity contribution is 5.98. The Hall–Kier alpha value is -3.66. The van der Waals surface area contributed by atoms with E-state index >= 15 is 4.39 Å². The van der Waals surface area contributed by atoms with Gasteiger partial charge in [-0.05, 0) is 45.0 Å². The number of anilines is 1. The molecular weight excluding hydrogens is 489 g/mol. The monoisotopic (exact) mass is 526 g/mol. The number of hydrogen-bond donors (Lipinski definition) is 2. The predicted molar refractivity (Wildman–Crippen MR) is 145 cm³/mol. The molecule has 0 saturated carbocycles. The van der Waals surface area contributed by atoms with Crippen LogP contribution in [0.1, 0.15) is 48.1 Å². The van der Waals surface area contributed by atoms with Gasteiger partial charge in [0.15, 0.2) is 5.76 Å². The van der Waals surface area contributed by atoms with Crippen molar-refractivity contribution < 1.29 is 23.3 Å². The van der Waals surface area contributed by atoms with Crippen molar-refractivity contribution in [3.05, 3.63) is 64.1 Å². The molecule has 4 rings (SSSR count). The van der Waals surface area contributed by atoms with Gasteiger partial charge in [0.25, 0.3) is 11.8 Å². The lowest BCUT2D eigenvalue weighted by molar-refractivity contribution is -0.896. The quantitative estimate of drug-likeness (QED) is 0.393. The molecule has 0 atom stereocenters. The van der Waals surface area contributed by atoms with Crippen LogP contribution in [0.2, 0.25) is 0 Å². The number of nitrogens with one attached hydrogen (secondary N) is 2. The molecule has 1 saturated heterocycles. The number of nitrogens with zero attached hydrogens (tertiary/aromatic N) is 3. The van der Waals surface area contributed by atoms with Crippen LogP contribution in [0.15, 0.2) is 45.9 Å². The van der Waals surface area contributed by atoms with Crippen LogP contribution < -0.4 is 20.5 Å². The van der Waals surface area contributed by atoms with E-state index < -0.39 is 17.2 Å². The average molecular weight is 527 g/mol. The van der Waals surface area contributed by atoms with Gasteiger partial charge in [-0.25, -0.2) is 4.39 Å². The Bertz CT molecular complexity index is 1330. The molecule has 1 aromatic carbocycles. The number of piperazine rings is 1. The molecule has 204 valence electrons. The van der Waals surface area contributed by atoms with Crippen molar-refractivity contribution in [2.24, 2.45) is 0 Å². The van der Waals surface area contributed by atoms with E-state index in [0.29, 0.717) is 50.5 Å². The number of furan rings is 1. The largest absolute Gasteiger partial charge is 0.459 e. The van der Waals surface area contributed by atoms with Crippen LogP contribution in [-0.4, -0.2) is 73.6 Å². The standard InChI is InChI=1S/C28H36FN5O4/c1-4-31(5-2)11-8-10-30-27(36)21-19-32(6-3)23-18-24(22(29)17-20(23)26(21)35)33-12-14-34(15-13-33)28(37)25-9-7-16-38-25/h7,9,16-19H,4-6,8,10-15H2,1-3H3,(H,30,36)/p+1. The van der Waals surface area contributed by atoms with Crippen molar-refractivity contribution in [1.82, 2.24) is 14.8 Å². The van der Waals surface area contributed by atoms with Gasteiger partial charge in [0.2, 0.25) is 5.43 Å². The summed E-state index contributed by atoms with van der Waals surface area (Å²) >= 11 is 0. The van der Waals surface area contributed by atoms with E-state index in [1.54, 1.807) is 29.3 Å². The highest BCUT2D eigenvalue weighted by Gasteiger charge is 2.26. The number of fused-ring (bicyclic) bond motifs is 1. The lowest BCUT2D eigenvalue weighted by Crippen LogP contribution is -3.11. The molecule has 0 unspecified atom stereocenters. The number of quaternary nitrogens is 1. The van der Waals surface area contributed by atoms with Gasteiger partial charge in [-0.15, -0.1) is 0 Å². The zero-order chi connectivity index (χ0) is 27.2. The second-order valence-electron chi connectivity index (χ2n) is 9.55. The molecule has 0 spiro atoms. The third-order valence-electron chi connectivity index (χ3n) is 7.37. The van der Waals surface area contributed by atoms with Crippen LogP contribution in [0.3, 0.4) is 0 Å². The number of benzene rings is 1. The van der Waals surface area contributed by atoms with Gasteiger partial charge in [0.05, 0.1) is 37.1 Å². The fraction of sp³-hybridized carbons (Fsp3) is 0.464. The van der Waals surface area contributed by atoms with E-state index in [9.17, 15) is 14.4 Å². The van der Waals surface area contributed by atoms with Gasteiger partial charge in [-0.1, -0.05) is 0 Å². The van der Waals surface area contributed by atoms with Crippen molar-refractivity contribution in [3.63, 3.8) is 0 Å². The second kappa shape index (κ2) is 12.3. The molecule has 9 nitrogen and oxygen atoms in total. The van der Waals surface area contributed by atoms with E-state index in [-0.39, 0.29) is 22.6 Å². The zero-order valence-electron chi connectivity index (χ0n) is 22.4. The SMILES string of the molecule is CCn1cc(C(=O)NCCC[NH+](CC)CC)c(=O)c2cc(F)c(N3CCN(C(=O)c4ccco4)CC3)cc21. The van der Waals surface area contributed by atoms with E-state index in [1.165, 1.54) is 17.2 Å². The molecule has 2 N–H and O–H groups in total. The van der Waals surface area contributed by atoms with E-state index in [0.717, 1.165) is 26.1 Å². The molecule has 0 aliphatic carbocycles. The Kier molecular flexibility index (Phi) is 8.83. The summed E-state index contributed by atoms with van der Waals surface area (Å²) in [5.41, 5.74) is 0.493. The number of aryl methyl sites for hydroxylation is 1. The van der Waals surface area contributed by atoms with Gasteiger partial charge >= 0.3 is 0 Å². The third-order valence-corrected chi connectivity index (χ3v) is 7.37. The first-order chi connectivity index (χ1) is 18.4. The number of carbonyl (C=O) groups is 2. The molecule has 2 amide bonds. The Morgan fingerprint density at radius 3 is 2.47 bits per heavy atom. The van der Waals surface area contributed by atoms with Crippen LogP contribution in [0.4, 0.5) is 10.1 Å². The van der Waals surface area contributed by atoms with Crippen molar-refractivity contribution in [1.29, 1.82) is 0 Å². The lowest BCUT2D eigenvalue weighted by atomic mass is 10.1. The molecule has 2 aromatic heterocycles. The van der Waals surface area contributed by atoms with E-state index in [4.69, 9.17) is 4.42 Å². The molecule has 0 radical (unpaired) electrons. The van der Waals surface area contributed by atoms with E-state index in [1.807, 2.05) is 16.4 Å². The Labute approximate surface area is 221 Å². The fourth-order valence-corrected chi connectivity index (χ4v) is 5.01. The first-order valence-electron chi connectivity index (χ1n) is 13.4. The number of pyridine rings is 1. The molecule has 1 aliphatic rings. The molecule has 3 aromatic rings. The molecule has 0 bridgehead atoms. The van der Waals surface area contributed by atoms with Gasteiger partial charge in [0.1, 0.15) is 11.4 Å². The summed E-state index contributed by atoms with van der Waals surface area (Å²) in [6.45, 7) is 11.9. The minimum atomic E-state index is -0.525. The summed E-state index contributed by atoms with van der Waals surface area (Å²) in [5, 5.41) is 3.03. The summed E-state index contributed by atoms with van der Waals surface area (Å²) in [5.74, 6) is -0.862. The molecule has 3 heterocycles. The molecule has 38 heavy (non-hydrogen) atoms. The van der Waals surface area contributed by atoms with Crippen LogP contribution in [0.5, 0.6) is 0 Å². The van der Waals surface area contributed by atoms with Crippen molar-refractivity contribution in [3.8, 4) is 0 Å². The van der Waals surface area contributed by atoms with Crippen LogP contribution in [0.25, 0.3) is 10.9 Å². The zero-order valence-corrected chi connectivity index (χ0v) is 22.4. The summed E-state index contributed by atoms with van der Waals surface area (Å²) in [4.78, 5) is 43.7. The van der Waals surface area contributed by atoms with E-state index in [2.05, 4.69) is 19.2 Å². The summed E-state index contributed by atoms with van der Waals surface area (Å²) in [7, 11) is 0. The van der Waals surface area contributed by atoms with Crippen molar-refractivity contribution in [2.75, 3.05) is 57.3 Å². The molecule has 10 heteroatoms. The van der Waals surface area contributed by atoms with Gasteiger partial charge in [-0.3, -0.25) is 14.4 Å². The Morgan fingerprint density at radius 2 is 1.84 bits per heavy atom. The van der Waals surface area contributed by atoms with Gasteiger partial charge < -0.3 is 29.0 Å². The fourth-order valence-electron chi connectivity index (χ4n) is 5.01. The number of hydrogen-bond acceptors (Lipinski definition) is 5. The highest BCUT2D eigenvalue weighted by Crippen LogP contribution is 2.26. The number of amides is 2. The topological polar surface area (TPSA) is 92.2 Å². The van der Waals surface area contributed by atoms with Crippen molar-refractivity contribution >= 4 is 28.4 Å². The summed E-state index contributed by atoms with van der Waals surface area (Å²) in [6, 6.07) is 6.21. The third kappa shape index (κ3) is 5.75. The molecular formula is C28H37FN5O4+. The van der Waals surface area contributed by atoms with Gasteiger partial charge in [-0.2, -0.15) is 0 Å². The number of rotatable bonds is 10. The minimum Gasteiger partial charge on any atom is -0.459 e. The van der Waals surface area contributed by atoms with Gasteiger partial charge in [0, 0.05) is 57.3 Å². The summed E-state index contributed by atoms with van der Waals surface area (Å²) in [6.07, 6.45) is 3.85. The normalized spacial score (nSPS) is 13.9. The smallest absolute Gasteiger partial charge is 0.289 e. The first-order valence-corrected chi connectivity index (χ1v) is 13.4. The highest BCUT2D eigenvalue weighted by atomic mass is 19.1. The Morgan fingerprint density at radius 1 is 1.11 bits per heavy atom. The second-order valence-corrected chi connectivity index (χ2v) is 9.55. The maximum Gasteiger partial charge on any atom is 0.289 e. The maximum absolute atomic E-state index is 15.3. The number of halogens is 1. The predicted octanol–water partition coefficient (Wildman–Crippen LogP) is 1.76.